The van der Waals surface area contributed by atoms with Crippen LogP contribution in [0.5, 0.6) is 0 Å². The van der Waals surface area contributed by atoms with Crippen LogP contribution in [-0.2, 0) is 4.79 Å². The van der Waals surface area contributed by atoms with Crippen molar-refractivity contribution in [3.63, 3.8) is 0 Å². The number of hydrogen-bond donors (Lipinski definition) is 1. The van der Waals surface area contributed by atoms with Crippen molar-refractivity contribution in [2.45, 2.75) is 31.6 Å². The van der Waals surface area contributed by atoms with E-state index in [1.165, 1.54) is 0 Å². The van der Waals surface area contributed by atoms with E-state index in [0.717, 1.165) is 6.42 Å². The van der Waals surface area contributed by atoms with Gasteiger partial charge in [0.15, 0.2) is 0 Å². The third-order valence-electron chi connectivity index (χ3n) is 2.27. The van der Waals surface area contributed by atoms with E-state index < -0.39 is 8.07 Å². The Labute approximate surface area is 62.8 Å². The third-order valence-corrected chi connectivity index (χ3v) is 5.13. The molecule has 2 N–H and O–H groups in total. The summed E-state index contributed by atoms with van der Waals surface area (Å²) < 4.78 is 0. The Kier molecular flexibility index (Phi) is 1.62. The van der Waals surface area contributed by atoms with Crippen molar-refractivity contribution in [3.8, 4) is 0 Å². The zero-order valence-electron chi connectivity index (χ0n) is 6.85. The maximum Gasteiger partial charge on any atom is 0.220 e. The second-order valence-corrected chi connectivity index (χ2v) is 9.69. The summed E-state index contributed by atoms with van der Waals surface area (Å²) in [5.41, 5.74) is 5.84. The minimum Gasteiger partial charge on any atom is -0.369 e. The van der Waals surface area contributed by atoms with Gasteiger partial charge in [0.1, 0.15) is 0 Å². The predicted octanol–water partition coefficient (Wildman–Crippen LogP) is 1.20. The van der Waals surface area contributed by atoms with Crippen molar-refractivity contribution in [3.05, 3.63) is 0 Å². The van der Waals surface area contributed by atoms with Gasteiger partial charge in [-0.15, -0.1) is 0 Å². The van der Waals surface area contributed by atoms with E-state index >= 15 is 0 Å². The van der Waals surface area contributed by atoms with Gasteiger partial charge in [-0.05, 0) is 12.0 Å². The zero-order chi connectivity index (χ0) is 7.94. The Bertz CT molecular complexity index is 161. The Balaban J connectivity index is 2.46. The van der Waals surface area contributed by atoms with Gasteiger partial charge >= 0.3 is 0 Å². The van der Waals surface area contributed by atoms with Crippen LogP contribution in [0.2, 0.25) is 25.2 Å². The monoisotopic (exact) mass is 157 g/mol. The minimum absolute atomic E-state index is 0.0903. The molecule has 1 saturated carbocycles. The summed E-state index contributed by atoms with van der Waals surface area (Å²) in [6.07, 6.45) is 1.06. The van der Waals surface area contributed by atoms with Gasteiger partial charge in [-0.25, -0.2) is 0 Å². The molecule has 0 aliphatic heterocycles. The van der Waals surface area contributed by atoms with E-state index in [9.17, 15) is 4.79 Å². The molecule has 0 spiro atoms. The number of nitrogens with two attached hydrogens (primary N) is 1. The van der Waals surface area contributed by atoms with Gasteiger partial charge in [0.25, 0.3) is 0 Å². The molecule has 0 radical (unpaired) electrons. The molecule has 58 valence electrons. The molecule has 0 aromatic rings. The summed E-state index contributed by atoms with van der Waals surface area (Å²) in [4.78, 5) is 10.7. The molecule has 2 unspecified atom stereocenters. The Hall–Kier alpha value is -0.313. The number of primary amides is 1. The lowest BCUT2D eigenvalue weighted by molar-refractivity contribution is -0.119. The first kappa shape index (κ1) is 7.79. The first-order valence-electron chi connectivity index (χ1n) is 3.72. The highest BCUT2D eigenvalue weighted by atomic mass is 28.3. The average Bonchev–Trinajstić information content (AvgIpc) is 2.35. The van der Waals surface area contributed by atoms with Crippen LogP contribution in [0.25, 0.3) is 0 Å². The third kappa shape index (κ3) is 1.40. The van der Waals surface area contributed by atoms with Crippen LogP contribution in [0.4, 0.5) is 0 Å². The van der Waals surface area contributed by atoms with E-state index in [1.54, 1.807) is 0 Å². The van der Waals surface area contributed by atoms with Gasteiger partial charge < -0.3 is 5.73 Å². The van der Waals surface area contributed by atoms with Crippen LogP contribution < -0.4 is 5.73 Å². The number of carbonyl (C=O) groups is 1. The van der Waals surface area contributed by atoms with Crippen molar-refractivity contribution in [2.24, 2.45) is 11.7 Å². The molecule has 2 nitrogen and oxygen atoms in total. The Morgan fingerprint density at radius 3 is 2.10 bits per heavy atom. The largest absolute Gasteiger partial charge is 0.369 e. The van der Waals surface area contributed by atoms with Crippen molar-refractivity contribution < 1.29 is 4.79 Å². The topological polar surface area (TPSA) is 43.1 Å². The van der Waals surface area contributed by atoms with Crippen molar-refractivity contribution in [1.82, 2.24) is 0 Å². The molecule has 0 bridgehead atoms. The Morgan fingerprint density at radius 2 is 2.00 bits per heavy atom. The average molecular weight is 157 g/mol. The minimum atomic E-state index is -1.05. The van der Waals surface area contributed by atoms with Crippen LogP contribution in [0.1, 0.15) is 6.42 Å². The lowest BCUT2D eigenvalue weighted by Crippen LogP contribution is -2.24. The standard InChI is InChI=1S/C7H15NOSi/c1-10(2,3)6-4-5(6)7(8)9/h5-6H,4H2,1-3H3,(H2,8,9). The van der Waals surface area contributed by atoms with Crippen LogP contribution in [0.3, 0.4) is 0 Å². The molecule has 0 aromatic heterocycles. The van der Waals surface area contributed by atoms with Crippen molar-refractivity contribution in [1.29, 1.82) is 0 Å². The fourth-order valence-electron chi connectivity index (χ4n) is 1.47. The van der Waals surface area contributed by atoms with Gasteiger partial charge in [0.2, 0.25) is 5.91 Å². The molecule has 1 fully saturated rings. The molecule has 1 amide bonds. The highest BCUT2D eigenvalue weighted by Crippen LogP contribution is 2.51. The first-order valence-corrected chi connectivity index (χ1v) is 7.30. The SMILES string of the molecule is C[Si](C)(C)C1CC1C(N)=O. The van der Waals surface area contributed by atoms with Gasteiger partial charge in [-0.1, -0.05) is 19.6 Å². The molecular weight excluding hydrogens is 142 g/mol. The number of rotatable bonds is 2. The fraction of sp³-hybridized carbons (Fsp3) is 0.857. The Morgan fingerprint density at radius 1 is 1.50 bits per heavy atom. The van der Waals surface area contributed by atoms with Gasteiger partial charge in [-0.3, -0.25) is 4.79 Å². The number of hydrogen-bond acceptors (Lipinski definition) is 1. The molecule has 3 heteroatoms. The molecule has 2 atom stereocenters. The molecule has 1 rings (SSSR count). The van der Waals surface area contributed by atoms with Crippen LogP contribution in [0.15, 0.2) is 0 Å². The highest BCUT2D eigenvalue weighted by Gasteiger charge is 2.49. The summed E-state index contributed by atoms with van der Waals surface area (Å²) >= 11 is 0. The van der Waals surface area contributed by atoms with E-state index in [1.807, 2.05) is 0 Å². The van der Waals surface area contributed by atoms with Crippen molar-refractivity contribution in [2.75, 3.05) is 0 Å². The maximum atomic E-state index is 10.7. The number of carbonyl (C=O) groups excluding carboxylic acids is 1. The molecule has 0 heterocycles. The van der Waals surface area contributed by atoms with Crippen LogP contribution >= 0.6 is 0 Å². The fourth-order valence-corrected chi connectivity index (χ4v) is 3.80. The lowest BCUT2D eigenvalue weighted by Gasteiger charge is -2.14. The van der Waals surface area contributed by atoms with E-state index in [0.29, 0.717) is 5.54 Å². The molecule has 1 aliphatic carbocycles. The summed E-state index contributed by atoms with van der Waals surface area (Å²) in [7, 11) is -1.05. The zero-order valence-corrected chi connectivity index (χ0v) is 7.85. The number of amides is 1. The molecular formula is C7H15NOSi. The first-order chi connectivity index (χ1) is 4.43. The van der Waals surface area contributed by atoms with Gasteiger partial charge in [0.05, 0.1) is 0 Å². The smallest absolute Gasteiger partial charge is 0.220 e. The van der Waals surface area contributed by atoms with E-state index in [4.69, 9.17) is 5.73 Å². The van der Waals surface area contributed by atoms with E-state index in [2.05, 4.69) is 19.6 Å². The summed E-state index contributed by atoms with van der Waals surface area (Å²) in [6, 6.07) is 0. The molecule has 1 aliphatic rings. The molecule has 10 heavy (non-hydrogen) atoms. The molecule has 0 aromatic carbocycles. The predicted molar refractivity (Wildman–Crippen MR) is 44.4 cm³/mol. The van der Waals surface area contributed by atoms with Crippen LogP contribution in [0, 0.1) is 5.92 Å². The highest BCUT2D eigenvalue weighted by molar-refractivity contribution is 6.78. The second kappa shape index (κ2) is 2.09. The van der Waals surface area contributed by atoms with Gasteiger partial charge in [0, 0.05) is 14.0 Å². The van der Waals surface area contributed by atoms with E-state index in [-0.39, 0.29) is 11.8 Å². The lowest BCUT2D eigenvalue weighted by atomic mass is 10.4. The second-order valence-electron chi connectivity index (χ2n) is 4.22. The maximum absolute atomic E-state index is 10.7. The van der Waals surface area contributed by atoms with Crippen LogP contribution in [-0.4, -0.2) is 14.0 Å². The summed E-state index contributed by atoms with van der Waals surface area (Å²) in [5.74, 6) is 0.138. The summed E-state index contributed by atoms with van der Waals surface area (Å²) in [6.45, 7) is 6.88. The molecule has 0 saturated heterocycles. The summed E-state index contributed by atoms with van der Waals surface area (Å²) in [5, 5.41) is 0. The normalized spacial score (nSPS) is 31.9. The van der Waals surface area contributed by atoms with Crippen molar-refractivity contribution >= 4 is 14.0 Å². The quantitative estimate of drug-likeness (QED) is 0.601. The van der Waals surface area contributed by atoms with Gasteiger partial charge in [-0.2, -0.15) is 0 Å².